The molecule has 1 N–H and O–H groups in total. The van der Waals surface area contributed by atoms with Crippen LogP contribution in [-0.2, 0) is 23.7 Å². The minimum absolute atomic E-state index is 0.0147. The van der Waals surface area contributed by atoms with Crippen molar-refractivity contribution in [1.29, 1.82) is 0 Å². The van der Waals surface area contributed by atoms with Gasteiger partial charge >= 0.3 is 12.4 Å². The lowest BCUT2D eigenvalue weighted by Gasteiger charge is -2.29. The third-order valence-electron chi connectivity index (χ3n) is 5.56. The molecule has 2 aromatic carbocycles. The lowest BCUT2D eigenvalue weighted by Crippen LogP contribution is -2.42. The maximum absolute atomic E-state index is 14.2. The first kappa shape index (κ1) is 26.7. The Morgan fingerprint density at radius 1 is 1.08 bits per heavy atom. The molecule has 0 fully saturated rings. The zero-order chi connectivity index (χ0) is 27.3. The number of nitrogens with zero attached hydrogens (tertiary/aromatic N) is 4. The standard InChI is InChI=1S/C22H15Cl2F6N5O2/c1-10-5-11(3-4-15(10)17(36)31-19-32-18(21(25,26)27)35(2)33-19)16-9-20(37-34-16,22(28,29)30)12-6-13(23)8-14(24)7-12/h3-8H,9H2,1-2H3,(H,31,33,36). The lowest BCUT2D eigenvalue weighted by molar-refractivity contribution is -0.275. The number of hydrogen-bond acceptors (Lipinski definition) is 5. The van der Waals surface area contributed by atoms with Gasteiger partial charge in [-0.2, -0.15) is 31.3 Å². The molecule has 15 heteroatoms. The van der Waals surface area contributed by atoms with Gasteiger partial charge in [0.05, 0.1) is 5.71 Å². The molecule has 0 bridgehead atoms. The van der Waals surface area contributed by atoms with E-state index in [2.05, 4.69) is 20.6 Å². The number of hydrogen-bond donors (Lipinski definition) is 1. The molecule has 1 aliphatic rings. The summed E-state index contributed by atoms with van der Waals surface area (Å²) >= 11 is 11.8. The number of rotatable bonds is 4. The summed E-state index contributed by atoms with van der Waals surface area (Å²) in [6, 6.07) is 7.50. The van der Waals surface area contributed by atoms with Crippen molar-refractivity contribution in [2.45, 2.75) is 31.3 Å². The molecule has 37 heavy (non-hydrogen) atoms. The number of nitrogens with one attached hydrogen (secondary N) is 1. The fourth-order valence-corrected chi connectivity index (χ4v) is 4.32. The molecule has 1 aromatic heterocycles. The number of alkyl halides is 6. The largest absolute Gasteiger partial charge is 0.451 e. The Morgan fingerprint density at radius 3 is 2.27 bits per heavy atom. The van der Waals surface area contributed by atoms with Gasteiger partial charge in [0.15, 0.2) is 0 Å². The first-order valence-electron chi connectivity index (χ1n) is 10.3. The van der Waals surface area contributed by atoms with Crippen molar-refractivity contribution in [3.63, 3.8) is 0 Å². The molecule has 1 aliphatic heterocycles. The Balaban J connectivity index is 1.58. The Bertz CT molecular complexity index is 1400. The van der Waals surface area contributed by atoms with Crippen LogP contribution in [-0.4, -0.2) is 32.6 Å². The van der Waals surface area contributed by atoms with Crippen LogP contribution in [0.1, 0.15) is 39.3 Å². The van der Waals surface area contributed by atoms with Gasteiger partial charge in [0, 0.05) is 34.6 Å². The highest BCUT2D eigenvalue weighted by Crippen LogP contribution is 2.49. The summed E-state index contributed by atoms with van der Waals surface area (Å²) in [6.45, 7) is 1.50. The van der Waals surface area contributed by atoms with Crippen LogP contribution >= 0.6 is 23.2 Å². The zero-order valence-corrected chi connectivity index (χ0v) is 20.3. The van der Waals surface area contributed by atoms with Crippen LogP contribution in [0.4, 0.5) is 32.3 Å². The molecule has 1 amide bonds. The molecule has 0 saturated heterocycles. The second-order valence-electron chi connectivity index (χ2n) is 8.15. The molecule has 0 spiro atoms. The monoisotopic (exact) mass is 565 g/mol. The maximum Gasteiger partial charge on any atom is 0.451 e. The maximum atomic E-state index is 14.2. The summed E-state index contributed by atoms with van der Waals surface area (Å²) in [7, 11) is 1.02. The van der Waals surface area contributed by atoms with Crippen molar-refractivity contribution < 1.29 is 36.0 Å². The van der Waals surface area contributed by atoms with Gasteiger partial charge in [-0.1, -0.05) is 34.4 Å². The number of benzene rings is 2. The van der Waals surface area contributed by atoms with Crippen molar-refractivity contribution in [2.24, 2.45) is 12.2 Å². The molecule has 1 atom stereocenters. The Kier molecular flexibility index (Phi) is 6.65. The van der Waals surface area contributed by atoms with Gasteiger partial charge in [-0.05, 0) is 48.4 Å². The topological polar surface area (TPSA) is 81.4 Å². The van der Waals surface area contributed by atoms with E-state index in [1.165, 1.54) is 31.2 Å². The average Bonchev–Trinajstić information content (AvgIpc) is 3.37. The summed E-state index contributed by atoms with van der Waals surface area (Å²) < 4.78 is 81.8. The molecule has 2 heterocycles. The third kappa shape index (κ3) is 5.10. The minimum atomic E-state index is -4.88. The van der Waals surface area contributed by atoms with Gasteiger partial charge in [0.25, 0.3) is 11.5 Å². The molecule has 3 aromatic rings. The van der Waals surface area contributed by atoms with E-state index < -0.39 is 42.1 Å². The highest BCUT2D eigenvalue weighted by Gasteiger charge is 2.62. The normalized spacial score (nSPS) is 17.9. The van der Waals surface area contributed by atoms with Gasteiger partial charge < -0.3 is 4.84 Å². The SMILES string of the molecule is Cc1cc(C2=NOC(c3cc(Cl)cc(Cl)c3)(C(F)(F)F)C2)ccc1C(=O)Nc1nc(C(F)(F)F)n(C)n1. The van der Waals surface area contributed by atoms with Crippen LogP contribution < -0.4 is 5.32 Å². The zero-order valence-electron chi connectivity index (χ0n) is 18.8. The highest BCUT2D eigenvalue weighted by molar-refractivity contribution is 6.34. The summed E-state index contributed by atoms with van der Waals surface area (Å²) in [5, 5.41) is 9.33. The third-order valence-corrected chi connectivity index (χ3v) is 6.00. The summed E-state index contributed by atoms with van der Waals surface area (Å²) in [5.41, 5.74) is -2.63. The molecule has 0 saturated carbocycles. The van der Waals surface area contributed by atoms with Crippen molar-refractivity contribution in [3.05, 3.63) is 74.5 Å². The summed E-state index contributed by atoms with van der Waals surface area (Å²) in [4.78, 5) is 20.8. The average molecular weight is 566 g/mol. The van der Waals surface area contributed by atoms with Crippen LogP contribution in [0.15, 0.2) is 41.6 Å². The molecule has 1 unspecified atom stereocenters. The second kappa shape index (κ2) is 9.21. The molecule has 0 radical (unpaired) electrons. The number of amides is 1. The van der Waals surface area contributed by atoms with E-state index in [1.807, 2.05) is 0 Å². The predicted octanol–water partition coefficient (Wildman–Crippen LogP) is 6.28. The van der Waals surface area contributed by atoms with Crippen LogP contribution in [0.5, 0.6) is 0 Å². The minimum Gasteiger partial charge on any atom is -0.374 e. The molecule has 196 valence electrons. The van der Waals surface area contributed by atoms with E-state index in [4.69, 9.17) is 28.0 Å². The summed E-state index contributed by atoms with van der Waals surface area (Å²) in [6.07, 6.45) is -10.4. The van der Waals surface area contributed by atoms with Crippen LogP contribution in [0.25, 0.3) is 0 Å². The molecule has 0 aliphatic carbocycles. The highest BCUT2D eigenvalue weighted by atomic mass is 35.5. The fraction of sp³-hybridized carbons (Fsp3) is 0.273. The van der Waals surface area contributed by atoms with E-state index in [9.17, 15) is 31.1 Å². The first-order valence-corrected chi connectivity index (χ1v) is 11.1. The number of aromatic nitrogens is 3. The quantitative estimate of drug-likeness (QED) is 0.377. The smallest absolute Gasteiger partial charge is 0.374 e. The van der Waals surface area contributed by atoms with E-state index in [0.717, 1.165) is 19.2 Å². The van der Waals surface area contributed by atoms with E-state index in [-0.39, 0.29) is 32.4 Å². The molecule has 4 rings (SSSR count). The van der Waals surface area contributed by atoms with Crippen molar-refractivity contribution in [3.8, 4) is 0 Å². The van der Waals surface area contributed by atoms with E-state index in [0.29, 0.717) is 10.2 Å². The number of carbonyl (C=O) groups excluding carboxylic acids is 1. The fourth-order valence-electron chi connectivity index (χ4n) is 3.80. The molecular formula is C22H15Cl2F6N5O2. The van der Waals surface area contributed by atoms with Gasteiger partial charge in [-0.3, -0.25) is 10.1 Å². The number of aryl methyl sites for hydroxylation is 2. The van der Waals surface area contributed by atoms with E-state index >= 15 is 0 Å². The number of oxime groups is 1. The summed E-state index contributed by atoms with van der Waals surface area (Å²) in [5.74, 6) is -2.68. The van der Waals surface area contributed by atoms with Gasteiger partial charge in [0.1, 0.15) is 0 Å². The predicted molar refractivity (Wildman–Crippen MR) is 122 cm³/mol. The molecular weight excluding hydrogens is 551 g/mol. The van der Waals surface area contributed by atoms with E-state index in [1.54, 1.807) is 0 Å². The number of halogens is 8. The van der Waals surface area contributed by atoms with Crippen molar-refractivity contribution >= 4 is 40.8 Å². The van der Waals surface area contributed by atoms with Crippen molar-refractivity contribution in [1.82, 2.24) is 14.8 Å². The Labute approximate surface area is 215 Å². The lowest BCUT2D eigenvalue weighted by atomic mass is 9.86. The van der Waals surface area contributed by atoms with Gasteiger partial charge in [0.2, 0.25) is 11.8 Å². The van der Waals surface area contributed by atoms with Crippen molar-refractivity contribution in [2.75, 3.05) is 5.32 Å². The molecule has 7 nitrogen and oxygen atoms in total. The van der Waals surface area contributed by atoms with Gasteiger partial charge in [-0.15, -0.1) is 5.10 Å². The van der Waals surface area contributed by atoms with Gasteiger partial charge in [-0.25, -0.2) is 4.68 Å². The second-order valence-corrected chi connectivity index (χ2v) is 9.03. The van der Waals surface area contributed by atoms with Crippen LogP contribution in [0, 0.1) is 6.92 Å². The first-order chi connectivity index (χ1) is 17.1. The number of carbonyl (C=O) groups is 1. The Morgan fingerprint density at radius 2 is 1.73 bits per heavy atom. The Hall–Kier alpha value is -3.32. The van der Waals surface area contributed by atoms with Crippen LogP contribution in [0.2, 0.25) is 10.0 Å². The number of anilines is 1. The van der Waals surface area contributed by atoms with Crippen LogP contribution in [0.3, 0.4) is 0 Å².